The number of Topliss-reactive ketones (excluding diaryl/α,β-unsaturated/α-hetero) is 1. The van der Waals surface area contributed by atoms with Crippen molar-refractivity contribution in [3.8, 4) is 0 Å². The molecule has 1 aliphatic carbocycles. The van der Waals surface area contributed by atoms with Crippen LogP contribution in [0.25, 0.3) is 0 Å². The molecule has 1 atom stereocenters. The van der Waals surface area contributed by atoms with Gasteiger partial charge in [-0.2, -0.15) is 0 Å². The summed E-state index contributed by atoms with van der Waals surface area (Å²) in [5, 5.41) is 12.0. The topological polar surface area (TPSA) is 72.9 Å². The lowest BCUT2D eigenvalue weighted by Gasteiger charge is -2.37. The average molecular weight is 430 g/mol. The molecule has 0 saturated carbocycles. The molecule has 156 valence electrons. The number of amides is 1. The normalized spacial score (nSPS) is 22.4. The van der Waals surface area contributed by atoms with Crippen LogP contribution in [-0.4, -0.2) is 72.5 Å². The lowest BCUT2D eigenvalue weighted by Crippen LogP contribution is -2.49. The summed E-state index contributed by atoms with van der Waals surface area (Å²) in [5.41, 5.74) is 3.94. The van der Waals surface area contributed by atoms with Crippen LogP contribution >= 0.6 is 24.8 Å². The lowest BCUT2D eigenvalue weighted by molar-refractivity contribution is -0.116. The van der Waals surface area contributed by atoms with Crippen molar-refractivity contribution in [1.82, 2.24) is 9.80 Å². The Labute approximate surface area is 178 Å². The second-order valence-electron chi connectivity index (χ2n) is 7.68. The summed E-state index contributed by atoms with van der Waals surface area (Å²) in [6, 6.07) is 4.04. The second kappa shape index (κ2) is 10.0. The number of aliphatic hydroxyl groups is 1. The SMILES string of the molecule is Cl.Cl.O=C1CCc2cc3c(cc2N1)C(=O)C(CN1CCN(CCO)CC1)CC3. The van der Waals surface area contributed by atoms with Gasteiger partial charge >= 0.3 is 0 Å². The summed E-state index contributed by atoms with van der Waals surface area (Å²) in [7, 11) is 0. The molecule has 1 fully saturated rings. The van der Waals surface area contributed by atoms with Crippen LogP contribution in [0.15, 0.2) is 12.1 Å². The van der Waals surface area contributed by atoms with Crippen LogP contribution in [0.5, 0.6) is 0 Å². The maximum Gasteiger partial charge on any atom is 0.224 e. The molecule has 1 saturated heterocycles. The molecule has 1 aromatic rings. The smallest absolute Gasteiger partial charge is 0.224 e. The van der Waals surface area contributed by atoms with E-state index in [0.29, 0.717) is 6.42 Å². The molecule has 4 rings (SSSR count). The lowest BCUT2D eigenvalue weighted by atomic mass is 9.80. The summed E-state index contributed by atoms with van der Waals surface area (Å²) in [4.78, 5) is 29.3. The van der Waals surface area contributed by atoms with Crippen LogP contribution in [0.1, 0.15) is 34.3 Å². The predicted molar refractivity (Wildman–Crippen MR) is 114 cm³/mol. The van der Waals surface area contributed by atoms with Gasteiger partial charge in [-0.1, -0.05) is 6.07 Å². The van der Waals surface area contributed by atoms with E-state index in [1.54, 1.807) is 0 Å². The maximum atomic E-state index is 13.0. The van der Waals surface area contributed by atoms with Crippen molar-refractivity contribution in [3.63, 3.8) is 0 Å². The van der Waals surface area contributed by atoms with Crippen LogP contribution < -0.4 is 5.32 Å². The monoisotopic (exact) mass is 429 g/mol. The second-order valence-corrected chi connectivity index (χ2v) is 7.68. The number of hydrogen-bond acceptors (Lipinski definition) is 5. The van der Waals surface area contributed by atoms with Crippen molar-refractivity contribution in [2.24, 2.45) is 5.92 Å². The number of ketones is 1. The van der Waals surface area contributed by atoms with Crippen molar-refractivity contribution < 1.29 is 14.7 Å². The number of halogens is 2. The summed E-state index contributed by atoms with van der Waals surface area (Å²) in [5.74, 6) is 0.314. The number of β-amino-alcohol motifs (C(OH)–C–C–N with tert-alkyl or cyclic N) is 1. The van der Waals surface area contributed by atoms with Crippen LogP contribution in [0.2, 0.25) is 0 Å². The number of benzene rings is 1. The Morgan fingerprint density at radius 1 is 0.964 bits per heavy atom. The number of anilines is 1. The first-order valence-electron chi connectivity index (χ1n) is 9.69. The van der Waals surface area contributed by atoms with E-state index in [9.17, 15) is 9.59 Å². The van der Waals surface area contributed by atoms with Gasteiger partial charge in [0, 0.05) is 62.9 Å². The van der Waals surface area contributed by atoms with E-state index in [1.807, 2.05) is 6.07 Å². The Morgan fingerprint density at radius 2 is 1.68 bits per heavy atom. The molecule has 0 spiro atoms. The fraction of sp³-hybridized carbons (Fsp3) is 0.600. The van der Waals surface area contributed by atoms with Crippen LogP contribution in [-0.2, 0) is 17.6 Å². The van der Waals surface area contributed by atoms with E-state index in [2.05, 4.69) is 21.2 Å². The van der Waals surface area contributed by atoms with Crippen molar-refractivity contribution in [3.05, 3.63) is 28.8 Å². The highest BCUT2D eigenvalue weighted by molar-refractivity contribution is 6.03. The van der Waals surface area contributed by atoms with Gasteiger partial charge in [-0.3, -0.25) is 14.5 Å². The number of fused-ring (bicyclic) bond motifs is 2. The number of nitrogens with one attached hydrogen (secondary N) is 1. The van der Waals surface area contributed by atoms with E-state index in [-0.39, 0.29) is 49.0 Å². The summed E-state index contributed by atoms with van der Waals surface area (Å²) < 4.78 is 0. The number of aryl methyl sites for hydroxylation is 2. The Hall–Kier alpha value is -1.18. The molecular weight excluding hydrogens is 401 g/mol. The van der Waals surface area contributed by atoms with Gasteiger partial charge in [0.1, 0.15) is 0 Å². The number of carbonyl (C=O) groups excluding carboxylic acids is 2. The minimum Gasteiger partial charge on any atom is -0.395 e. The Bertz CT molecular complexity index is 721. The van der Waals surface area contributed by atoms with E-state index in [1.165, 1.54) is 0 Å². The molecule has 1 unspecified atom stereocenters. The van der Waals surface area contributed by atoms with Crippen molar-refractivity contribution in [2.45, 2.75) is 25.7 Å². The highest BCUT2D eigenvalue weighted by atomic mass is 35.5. The predicted octanol–water partition coefficient (Wildman–Crippen LogP) is 1.77. The first kappa shape index (κ1) is 23.1. The Balaban J connectivity index is 0.00000140. The largest absolute Gasteiger partial charge is 0.395 e. The molecule has 0 aromatic heterocycles. The molecule has 0 radical (unpaired) electrons. The number of rotatable bonds is 4. The molecule has 1 aromatic carbocycles. The zero-order chi connectivity index (χ0) is 18.1. The molecule has 8 heteroatoms. The molecule has 6 nitrogen and oxygen atoms in total. The first-order chi connectivity index (χ1) is 12.6. The van der Waals surface area contributed by atoms with Crippen molar-refractivity contribution in [2.75, 3.05) is 51.2 Å². The van der Waals surface area contributed by atoms with E-state index < -0.39 is 0 Å². The fourth-order valence-electron chi connectivity index (χ4n) is 4.42. The van der Waals surface area contributed by atoms with Gasteiger partial charge in [-0.05, 0) is 36.5 Å². The number of aliphatic hydroxyl groups excluding tert-OH is 1. The fourth-order valence-corrected chi connectivity index (χ4v) is 4.42. The Kier molecular flexibility index (Phi) is 8.28. The zero-order valence-electron chi connectivity index (χ0n) is 16.0. The minimum atomic E-state index is 0. The molecular formula is C20H29Cl2N3O3. The number of piperazine rings is 1. The third-order valence-corrected chi connectivity index (χ3v) is 5.98. The van der Waals surface area contributed by atoms with Gasteiger partial charge in [0.2, 0.25) is 5.91 Å². The number of nitrogens with zero attached hydrogens (tertiary/aromatic N) is 2. The van der Waals surface area contributed by atoms with E-state index >= 15 is 0 Å². The first-order valence-corrected chi connectivity index (χ1v) is 9.69. The molecule has 2 aliphatic heterocycles. The van der Waals surface area contributed by atoms with Crippen LogP contribution in [0, 0.1) is 5.92 Å². The molecule has 28 heavy (non-hydrogen) atoms. The molecule has 2 heterocycles. The maximum absolute atomic E-state index is 13.0. The third-order valence-electron chi connectivity index (χ3n) is 5.98. The summed E-state index contributed by atoms with van der Waals surface area (Å²) >= 11 is 0. The third kappa shape index (κ3) is 4.86. The van der Waals surface area contributed by atoms with Gasteiger partial charge in [0.25, 0.3) is 0 Å². The molecule has 2 N–H and O–H groups in total. The van der Waals surface area contributed by atoms with Crippen LogP contribution in [0.4, 0.5) is 5.69 Å². The van der Waals surface area contributed by atoms with Gasteiger partial charge < -0.3 is 15.3 Å². The number of hydrogen-bond donors (Lipinski definition) is 2. The molecule has 1 amide bonds. The van der Waals surface area contributed by atoms with Crippen LogP contribution in [0.3, 0.4) is 0 Å². The van der Waals surface area contributed by atoms with Crippen molar-refractivity contribution >= 4 is 42.2 Å². The highest BCUT2D eigenvalue weighted by Crippen LogP contribution is 2.33. The zero-order valence-corrected chi connectivity index (χ0v) is 17.6. The quantitative estimate of drug-likeness (QED) is 0.762. The minimum absolute atomic E-state index is 0. The van der Waals surface area contributed by atoms with Gasteiger partial charge in [-0.15, -0.1) is 24.8 Å². The summed E-state index contributed by atoms with van der Waals surface area (Å²) in [6.07, 6.45) is 3.15. The highest BCUT2D eigenvalue weighted by Gasteiger charge is 2.31. The Morgan fingerprint density at radius 3 is 2.39 bits per heavy atom. The van der Waals surface area contributed by atoms with Gasteiger partial charge in [0.05, 0.1) is 6.61 Å². The molecule has 0 bridgehead atoms. The van der Waals surface area contributed by atoms with Crippen molar-refractivity contribution in [1.29, 1.82) is 0 Å². The summed E-state index contributed by atoms with van der Waals surface area (Å²) in [6.45, 7) is 5.58. The standard InChI is InChI=1S/C20H27N3O3.2ClH/c24-10-9-22-5-7-23(8-6-22)13-16-2-1-14-11-15-3-4-19(25)21-18(15)12-17(14)20(16)26;;/h11-12,16,24H,1-10,13H2,(H,21,25);2*1H. The molecule has 3 aliphatic rings. The van der Waals surface area contributed by atoms with E-state index in [4.69, 9.17) is 5.11 Å². The van der Waals surface area contributed by atoms with Gasteiger partial charge in [-0.25, -0.2) is 0 Å². The van der Waals surface area contributed by atoms with E-state index in [0.717, 1.165) is 80.9 Å². The number of carbonyl (C=O) groups is 2. The van der Waals surface area contributed by atoms with Gasteiger partial charge in [0.15, 0.2) is 5.78 Å². The average Bonchev–Trinajstić information content (AvgIpc) is 2.65.